The number of para-hydroxylation sites is 1. The minimum absolute atomic E-state index is 0.210. The zero-order valence-electron chi connectivity index (χ0n) is 16.3. The number of thioether (sulfide) groups is 1. The van der Waals surface area contributed by atoms with Crippen molar-refractivity contribution in [3.05, 3.63) is 102 Å². The molecule has 0 aliphatic rings. The maximum Gasteiger partial charge on any atom is 0.195 e. The lowest BCUT2D eigenvalue weighted by Crippen LogP contribution is -2.11. The number of nitrogens with zero attached hydrogens (tertiary/aromatic N) is 3. The van der Waals surface area contributed by atoms with Crippen molar-refractivity contribution in [1.82, 2.24) is 14.8 Å². The van der Waals surface area contributed by atoms with Crippen molar-refractivity contribution in [2.45, 2.75) is 22.2 Å². The number of hydrogen-bond donors (Lipinski definition) is 0. The van der Waals surface area contributed by atoms with Gasteiger partial charge in [-0.05, 0) is 36.2 Å². The van der Waals surface area contributed by atoms with Crippen molar-refractivity contribution < 1.29 is 8.42 Å². The molecule has 1 aromatic heterocycles. The first-order valence-electron chi connectivity index (χ1n) is 9.58. The molecule has 30 heavy (non-hydrogen) atoms. The number of rotatable bonds is 8. The number of aryl methyl sites for hydroxylation is 1. The lowest BCUT2D eigenvalue weighted by Gasteiger charge is -2.11. The van der Waals surface area contributed by atoms with Crippen LogP contribution in [0.2, 0.25) is 0 Å². The highest BCUT2D eigenvalue weighted by atomic mass is 32.2. The topological polar surface area (TPSA) is 64.8 Å². The smallest absolute Gasteiger partial charge is 0.195 e. The van der Waals surface area contributed by atoms with Gasteiger partial charge in [-0.2, -0.15) is 0 Å². The molecule has 0 bridgehead atoms. The van der Waals surface area contributed by atoms with Crippen molar-refractivity contribution in [2.75, 3.05) is 5.75 Å². The maximum absolute atomic E-state index is 12.9. The Hall–Kier alpha value is -2.90. The molecule has 4 rings (SSSR count). The van der Waals surface area contributed by atoms with Crippen LogP contribution in [0, 0.1) is 0 Å². The fourth-order valence-corrected chi connectivity index (χ4v) is 5.33. The molecule has 0 fully saturated rings. The van der Waals surface area contributed by atoms with Crippen LogP contribution in [0.4, 0.5) is 0 Å². The van der Waals surface area contributed by atoms with Crippen LogP contribution < -0.4 is 0 Å². The first kappa shape index (κ1) is 20.4. The van der Waals surface area contributed by atoms with Gasteiger partial charge in [0.05, 0.1) is 4.90 Å². The van der Waals surface area contributed by atoms with Crippen LogP contribution in [-0.2, 0) is 22.0 Å². The number of hydrogen-bond acceptors (Lipinski definition) is 5. The van der Waals surface area contributed by atoms with Crippen LogP contribution in [0.1, 0.15) is 11.4 Å². The van der Waals surface area contributed by atoms with E-state index in [4.69, 9.17) is 0 Å². The maximum atomic E-state index is 12.9. The average molecular weight is 436 g/mol. The third kappa shape index (κ3) is 4.80. The molecule has 0 amide bonds. The van der Waals surface area contributed by atoms with Crippen LogP contribution in [0.15, 0.2) is 101 Å². The number of aromatic nitrogens is 3. The van der Waals surface area contributed by atoms with E-state index in [2.05, 4.69) is 22.3 Å². The van der Waals surface area contributed by atoms with E-state index in [1.165, 1.54) is 5.56 Å². The summed E-state index contributed by atoms with van der Waals surface area (Å²) in [6.07, 6.45) is 0.894. The summed E-state index contributed by atoms with van der Waals surface area (Å²) >= 11 is 1.57. The summed E-state index contributed by atoms with van der Waals surface area (Å²) in [4.78, 5) is 0.283. The SMILES string of the molecule is O=S(=O)(Cc1nnc(SCCc2ccccc2)n1-c1ccccc1)c1ccccc1. The molecular formula is C23H21N3O2S2. The summed E-state index contributed by atoms with van der Waals surface area (Å²) < 4.78 is 27.7. The fourth-order valence-electron chi connectivity index (χ4n) is 3.11. The molecule has 1 heterocycles. The van der Waals surface area contributed by atoms with Crippen molar-refractivity contribution in [1.29, 1.82) is 0 Å². The second-order valence-corrected chi connectivity index (χ2v) is 9.78. The molecular weight excluding hydrogens is 414 g/mol. The summed E-state index contributed by atoms with van der Waals surface area (Å²) in [5.41, 5.74) is 2.10. The fraction of sp³-hybridized carbons (Fsp3) is 0.130. The van der Waals surface area contributed by atoms with Gasteiger partial charge >= 0.3 is 0 Å². The van der Waals surface area contributed by atoms with E-state index in [-0.39, 0.29) is 10.6 Å². The van der Waals surface area contributed by atoms with Gasteiger partial charge in [0.1, 0.15) is 5.75 Å². The van der Waals surface area contributed by atoms with E-state index in [9.17, 15) is 8.42 Å². The molecule has 0 N–H and O–H groups in total. The third-order valence-electron chi connectivity index (χ3n) is 4.60. The Balaban J connectivity index is 1.61. The molecule has 0 saturated heterocycles. The molecule has 0 aliphatic heterocycles. The standard InChI is InChI=1S/C23H21N3O2S2/c27-30(28,21-14-8-3-9-15-21)18-22-24-25-23(26(22)20-12-6-2-7-13-20)29-17-16-19-10-4-1-5-11-19/h1-15H,16-18H2. The third-order valence-corrected chi connectivity index (χ3v) is 7.16. The molecule has 0 radical (unpaired) electrons. The van der Waals surface area contributed by atoms with E-state index in [0.717, 1.165) is 17.9 Å². The molecule has 5 nitrogen and oxygen atoms in total. The molecule has 152 valence electrons. The van der Waals surface area contributed by atoms with Crippen LogP contribution in [0.3, 0.4) is 0 Å². The minimum Gasteiger partial charge on any atom is -0.273 e. The van der Waals surface area contributed by atoms with Gasteiger partial charge in [-0.3, -0.25) is 4.57 Å². The van der Waals surface area contributed by atoms with Gasteiger partial charge in [0.15, 0.2) is 20.8 Å². The largest absolute Gasteiger partial charge is 0.273 e. The van der Waals surface area contributed by atoms with Gasteiger partial charge in [-0.1, -0.05) is 78.5 Å². The highest BCUT2D eigenvalue weighted by Crippen LogP contribution is 2.25. The monoisotopic (exact) mass is 435 g/mol. The first-order chi connectivity index (χ1) is 14.6. The molecule has 0 atom stereocenters. The first-order valence-corrected chi connectivity index (χ1v) is 12.2. The number of sulfone groups is 1. The van der Waals surface area contributed by atoms with Crippen molar-refractivity contribution in [3.8, 4) is 5.69 Å². The van der Waals surface area contributed by atoms with Crippen LogP contribution in [0.25, 0.3) is 5.69 Å². The molecule has 0 saturated carbocycles. The lowest BCUT2D eigenvalue weighted by molar-refractivity contribution is 0.593. The van der Waals surface area contributed by atoms with Crippen LogP contribution in [0.5, 0.6) is 0 Å². The Morgan fingerprint density at radius 1 is 0.767 bits per heavy atom. The molecule has 3 aromatic carbocycles. The second kappa shape index (κ2) is 9.28. The highest BCUT2D eigenvalue weighted by Gasteiger charge is 2.22. The van der Waals surface area contributed by atoms with Gasteiger partial charge in [-0.25, -0.2) is 8.42 Å². The second-order valence-electron chi connectivity index (χ2n) is 6.73. The number of benzene rings is 3. The summed E-state index contributed by atoms with van der Waals surface area (Å²) in [5, 5.41) is 9.25. The van der Waals surface area contributed by atoms with Crippen LogP contribution in [-0.4, -0.2) is 28.9 Å². The van der Waals surface area contributed by atoms with Crippen LogP contribution >= 0.6 is 11.8 Å². The lowest BCUT2D eigenvalue weighted by atomic mass is 10.2. The Morgan fingerprint density at radius 3 is 2.03 bits per heavy atom. The molecule has 7 heteroatoms. The molecule has 0 aliphatic carbocycles. The zero-order chi connectivity index (χ0) is 20.8. The zero-order valence-corrected chi connectivity index (χ0v) is 17.9. The normalized spacial score (nSPS) is 11.5. The van der Waals surface area contributed by atoms with Crippen molar-refractivity contribution >= 4 is 21.6 Å². The summed E-state index contributed by atoms with van der Waals surface area (Å²) in [7, 11) is -3.53. The van der Waals surface area contributed by atoms with E-state index < -0.39 is 9.84 Å². The average Bonchev–Trinajstić information content (AvgIpc) is 3.17. The minimum atomic E-state index is -3.53. The van der Waals surface area contributed by atoms with Gasteiger partial charge in [0.25, 0.3) is 0 Å². The Kier molecular flexibility index (Phi) is 6.30. The Bertz CT molecular complexity index is 1190. The van der Waals surface area contributed by atoms with Crippen molar-refractivity contribution in [3.63, 3.8) is 0 Å². The van der Waals surface area contributed by atoms with Gasteiger partial charge in [0.2, 0.25) is 0 Å². The van der Waals surface area contributed by atoms with Gasteiger partial charge < -0.3 is 0 Å². The Labute approximate surface area is 180 Å². The predicted octanol–water partition coefficient (Wildman–Crippen LogP) is 4.58. The van der Waals surface area contributed by atoms with E-state index in [1.54, 1.807) is 42.1 Å². The Morgan fingerprint density at radius 2 is 1.37 bits per heavy atom. The molecule has 0 unspecified atom stereocenters. The van der Waals surface area contributed by atoms with Gasteiger partial charge in [-0.15, -0.1) is 10.2 Å². The molecule has 4 aromatic rings. The van der Waals surface area contributed by atoms with E-state index >= 15 is 0 Å². The predicted molar refractivity (Wildman–Crippen MR) is 120 cm³/mol. The van der Waals surface area contributed by atoms with E-state index in [1.807, 2.05) is 53.1 Å². The molecule has 0 spiro atoms. The van der Waals surface area contributed by atoms with Crippen molar-refractivity contribution in [2.24, 2.45) is 0 Å². The summed E-state index contributed by atoms with van der Waals surface area (Å²) in [6, 6.07) is 28.3. The van der Waals surface area contributed by atoms with E-state index in [0.29, 0.717) is 11.0 Å². The van der Waals surface area contributed by atoms with Gasteiger partial charge in [0, 0.05) is 11.4 Å². The quantitative estimate of drug-likeness (QED) is 0.379. The highest BCUT2D eigenvalue weighted by molar-refractivity contribution is 7.99. The summed E-state index contributed by atoms with van der Waals surface area (Å²) in [5.74, 6) is 1.02. The summed E-state index contributed by atoms with van der Waals surface area (Å²) in [6.45, 7) is 0.